The highest BCUT2D eigenvalue weighted by Gasteiger charge is 2.23. The van der Waals surface area contributed by atoms with E-state index in [4.69, 9.17) is 4.74 Å². The molecule has 2 atom stereocenters. The maximum Gasteiger partial charge on any atom is 0.251 e. The first-order valence-electron chi connectivity index (χ1n) is 9.57. The van der Waals surface area contributed by atoms with Crippen molar-refractivity contribution in [2.75, 3.05) is 33.2 Å². The Balaban J connectivity index is 0.00000277. The Bertz CT molecular complexity index is 432. The number of carbonyl (C=O) groups is 1. The van der Waals surface area contributed by atoms with Crippen molar-refractivity contribution in [2.45, 2.75) is 59.2 Å². The van der Waals surface area contributed by atoms with Crippen LogP contribution >= 0.6 is 0 Å². The van der Waals surface area contributed by atoms with Gasteiger partial charge in [0.25, 0.3) is 5.91 Å². The lowest BCUT2D eigenvalue weighted by Crippen LogP contribution is -2.38. The lowest BCUT2D eigenvalue weighted by Gasteiger charge is -2.24. The minimum absolute atomic E-state index is 0.0662. The number of nitrogens with zero attached hydrogens (tertiary/aromatic N) is 2. The molecule has 0 spiro atoms. The van der Waals surface area contributed by atoms with Gasteiger partial charge in [0.15, 0.2) is 0 Å². The van der Waals surface area contributed by atoms with E-state index in [1.54, 1.807) is 11.0 Å². The minimum atomic E-state index is -0.359. The summed E-state index contributed by atoms with van der Waals surface area (Å²) in [6.45, 7) is 19.2. The first-order valence-corrected chi connectivity index (χ1v) is 9.57. The fourth-order valence-electron chi connectivity index (χ4n) is 2.78. The second-order valence-electron chi connectivity index (χ2n) is 6.21. The van der Waals surface area contributed by atoms with Crippen molar-refractivity contribution in [3.63, 3.8) is 0 Å². The van der Waals surface area contributed by atoms with Crippen molar-refractivity contribution in [3.05, 3.63) is 37.0 Å². The molecule has 0 bridgehead atoms. The van der Waals surface area contributed by atoms with E-state index in [1.807, 2.05) is 46.9 Å². The van der Waals surface area contributed by atoms with E-state index < -0.39 is 0 Å². The van der Waals surface area contributed by atoms with Crippen LogP contribution in [0.15, 0.2) is 37.0 Å². The van der Waals surface area contributed by atoms with Crippen LogP contribution < -0.4 is 0 Å². The van der Waals surface area contributed by atoms with Crippen LogP contribution in [0.5, 0.6) is 0 Å². The molecule has 0 aromatic rings. The summed E-state index contributed by atoms with van der Waals surface area (Å²) in [7, 11) is 1.82. The molecular formula is C21H38N2O2. The van der Waals surface area contributed by atoms with Crippen LogP contribution in [0.4, 0.5) is 0 Å². The van der Waals surface area contributed by atoms with E-state index in [0.717, 1.165) is 44.5 Å². The molecule has 0 radical (unpaired) electrons. The summed E-state index contributed by atoms with van der Waals surface area (Å²) in [5.74, 6) is 0.0662. The third kappa shape index (κ3) is 9.61. The lowest BCUT2D eigenvalue weighted by molar-refractivity contribution is -0.145. The maximum atomic E-state index is 12.1. The number of likely N-dealkylation sites (N-methyl/N-ethyl adjacent to an activating group) is 1. The van der Waals surface area contributed by atoms with Gasteiger partial charge in [-0.25, -0.2) is 0 Å². The summed E-state index contributed by atoms with van der Waals surface area (Å²) in [6.07, 6.45) is 8.57. The highest BCUT2D eigenvalue weighted by atomic mass is 16.5. The van der Waals surface area contributed by atoms with Gasteiger partial charge in [-0.1, -0.05) is 45.2 Å². The number of rotatable bonds is 8. The van der Waals surface area contributed by atoms with Crippen LogP contribution in [0, 0.1) is 0 Å². The normalized spacial score (nSPS) is 19.5. The second-order valence-corrected chi connectivity index (χ2v) is 6.21. The number of allylic oxidation sites excluding steroid dienone is 2. The molecule has 1 heterocycles. The largest absolute Gasteiger partial charge is 0.365 e. The summed E-state index contributed by atoms with van der Waals surface area (Å²) in [5.41, 5.74) is 1.09. The third-order valence-electron chi connectivity index (χ3n) is 4.26. The first kappa shape index (κ1) is 23.6. The molecule has 4 heteroatoms. The number of carbonyl (C=O) groups excluding carboxylic acids is 1. The Morgan fingerprint density at radius 3 is 2.64 bits per heavy atom. The van der Waals surface area contributed by atoms with E-state index in [2.05, 4.69) is 18.1 Å². The standard InChI is InChI=1S/C19H32N2O2.C2H6/c1-6-8-10-16(3)15-21-13-9-11-18(12-14-21)23-17(4)19(22)20(5)7-2;1-2/h6,8,10,17-18H,1,3,7,9,11-15H2,2,4-5H3;1-2H3/b10-8-;. The Morgan fingerprint density at radius 1 is 1.36 bits per heavy atom. The van der Waals surface area contributed by atoms with Crippen LogP contribution in [0.1, 0.15) is 47.0 Å². The number of amides is 1. The third-order valence-corrected chi connectivity index (χ3v) is 4.26. The molecule has 0 saturated carbocycles. The number of hydrogen-bond donors (Lipinski definition) is 0. The molecule has 1 amide bonds. The van der Waals surface area contributed by atoms with Crippen LogP contribution in [-0.2, 0) is 9.53 Å². The average Bonchev–Trinajstić information content (AvgIpc) is 2.85. The molecule has 0 N–H and O–H groups in total. The fourth-order valence-corrected chi connectivity index (χ4v) is 2.78. The zero-order chi connectivity index (χ0) is 19.2. The van der Waals surface area contributed by atoms with Gasteiger partial charge in [-0.15, -0.1) is 0 Å². The van der Waals surface area contributed by atoms with E-state index in [1.165, 1.54) is 0 Å². The van der Waals surface area contributed by atoms with Crippen molar-refractivity contribution < 1.29 is 9.53 Å². The SMILES string of the molecule is C=C/C=C\C(=C)CN1CCCC(OC(C)C(=O)N(C)CC)CC1.CC. The second kappa shape index (κ2) is 13.9. The fraction of sp³-hybridized carbons (Fsp3) is 0.667. The van der Waals surface area contributed by atoms with Gasteiger partial charge in [0.05, 0.1) is 6.10 Å². The molecule has 0 aliphatic carbocycles. The molecule has 1 aliphatic rings. The monoisotopic (exact) mass is 350 g/mol. The van der Waals surface area contributed by atoms with Crippen LogP contribution in [0.2, 0.25) is 0 Å². The molecule has 2 unspecified atom stereocenters. The summed E-state index contributed by atoms with van der Waals surface area (Å²) in [6, 6.07) is 0. The topological polar surface area (TPSA) is 32.8 Å². The highest BCUT2D eigenvalue weighted by molar-refractivity contribution is 5.80. The van der Waals surface area contributed by atoms with Gasteiger partial charge in [-0.05, 0) is 45.2 Å². The predicted molar refractivity (Wildman–Crippen MR) is 108 cm³/mol. The first-order chi connectivity index (χ1) is 12.0. The number of ether oxygens (including phenoxy) is 1. The molecule has 0 aromatic heterocycles. The van der Waals surface area contributed by atoms with Crippen molar-refractivity contribution in [1.82, 2.24) is 9.80 Å². The molecule has 1 rings (SSSR count). The molecule has 1 fully saturated rings. The quantitative estimate of drug-likeness (QED) is 0.619. The Kier molecular flexibility index (Phi) is 13.1. The molecule has 25 heavy (non-hydrogen) atoms. The molecular weight excluding hydrogens is 312 g/mol. The molecule has 4 nitrogen and oxygen atoms in total. The van der Waals surface area contributed by atoms with Crippen molar-refractivity contribution in [2.24, 2.45) is 0 Å². The van der Waals surface area contributed by atoms with Crippen molar-refractivity contribution in [1.29, 1.82) is 0 Å². The van der Waals surface area contributed by atoms with Gasteiger partial charge in [-0.3, -0.25) is 9.69 Å². The van der Waals surface area contributed by atoms with Crippen LogP contribution in [0.25, 0.3) is 0 Å². The van der Waals surface area contributed by atoms with Crippen molar-refractivity contribution >= 4 is 5.91 Å². The summed E-state index contributed by atoms with van der Waals surface area (Å²) in [5, 5.41) is 0. The van der Waals surface area contributed by atoms with E-state index in [9.17, 15) is 4.79 Å². The van der Waals surface area contributed by atoms with Gasteiger partial charge < -0.3 is 9.64 Å². The lowest BCUT2D eigenvalue weighted by atomic mass is 10.1. The van der Waals surface area contributed by atoms with Gasteiger partial charge in [0, 0.05) is 26.7 Å². The van der Waals surface area contributed by atoms with Crippen molar-refractivity contribution in [3.8, 4) is 0 Å². The van der Waals surface area contributed by atoms with E-state index in [0.29, 0.717) is 6.54 Å². The molecule has 144 valence electrons. The van der Waals surface area contributed by atoms with Gasteiger partial charge >= 0.3 is 0 Å². The van der Waals surface area contributed by atoms with E-state index in [-0.39, 0.29) is 18.1 Å². The Morgan fingerprint density at radius 2 is 2.04 bits per heavy atom. The predicted octanol–water partition coefficient (Wildman–Crippen LogP) is 4.05. The van der Waals surface area contributed by atoms with Crippen LogP contribution in [0.3, 0.4) is 0 Å². The minimum Gasteiger partial charge on any atom is -0.365 e. The molecule has 1 aliphatic heterocycles. The zero-order valence-electron chi connectivity index (χ0n) is 17.0. The average molecular weight is 351 g/mol. The zero-order valence-corrected chi connectivity index (χ0v) is 17.0. The Labute approximate surface area is 155 Å². The summed E-state index contributed by atoms with van der Waals surface area (Å²) >= 11 is 0. The Hall–Kier alpha value is -1.39. The molecule has 1 saturated heterocycles. The van der Waals surface area contributed by atoms with Gasteiger partial charge in [0.2, 0.25) is 0 Å². The summed E-state index contributed by atoms with van der Waals surface area (Å²) < 4.78 is 6.01. The van der Waals surface area contributed by atoms with E-state index >= 15 is 0 Å². The number of likely N-dealkylation sites (tertiary alicyclic amines) is 1. The maximum absolute atomic E-state index is 12.1. The van der Waals surface area contributed by atoms with Gasteiger partial charge in [-0.2, -0.15) is 0 Å². The highest BCUT2D eigenvalue weighted by Crippen LogP contribution is 2.17. The smallest absolute Gasteiger partial charge is 0.251 e. The number of hydrogen-bond acceptors (Lipinski definition) is 3. The summed E-state index contributed by atoms with van der Waals surface area (Å²) in [4.78, 5) is 16.2. The molecule has 0 aromatic carbocycles. The van der Waals surface area contributed by atoms with Gasteiger partial charge in [0.1, 0.15) is 6.10 Å². The van der Waals surface area contributed by atoms with Crippen LogP contribution in [-0.4, -0.2) is 61.1 Å².